The number of phenols is 1. The van der Waals surface area contributed by atoms with Crippen LogP contribution in [-0.4, -0.2) is 10.1 Å². The normalized spacial score (nSPS) is 10.4. The first kappa shape index (κ1) is 10.9. The van der Waals surface area contributed by atoms with Crippen molar-refractivity contribution in [3.05, 3.63) is 48.2 Å². The predicted molar refractivity (Wildman–Crippen MR) is 56.4 cm³/mol. The fourth-order valence-electron chi connectivity index (χ4n) is 1.12. The Labute approximate surface area is 95.0 Å². The highest BCUT2D eigenvalue weighted by Gasteiger charge is 2.09. The van der Waals surface area contributed by atoms with E-state index in [2.05, 4.69) is 4.98 Å². The van der Waals surface area contributed by atoms with Crippen LogP contribution in [0.1, 0.15) is 0 Å². The maximum absolute atomic E-state index is 13.3. The van der Waals surface area contributed by atoms with Crippen LogP contribution in [0.25, 0.3) is 0 Å². The topological polar surface area (TPSA) is 33.1 Å². The van der Waals surface area contributed by atoms with Gasteiger partial charge in [-0.25, -0.2) is 13.8 Å². The van der Waals surface area contributed by atoms with E-state index in [9.17, 15) is 13.9 Å². The molecule has 0 unspecified atom stereocenters. The van der Waals surface area contributed by atoms with Gasteiger partial charge in [-0.05, 0) is 12.1 Å². The predicted octanol–water partition coefficient (Wildman–Crippen LogP) is 3.22. The van der Waals surface area contributed by atoms with Crippen LogP contribution in [0.3, 0.4) is 0 Å². The maximum atomic E-state index is 13.3. The molecule has 0 aliphatic rings. The van der Waals surface area contributed by atoms with Crippen molar-refractivity contribution in [2.75, 3.05) is 0 Å². The zero-order chi connectivity index (χ0) is 11.5. The van der Waals surface area contributed by atoms with E-state index >= 15 is 0 Å². The van der Waals surface area contributed by atoms with E-state index in [4.69, 9.17) is 0 Å². The Morgan fingerprint density at radius 3 is 2.62 bits per heavy atom. The van der Waals surface area contributed by atoms with E-state index < -0.39 is 11.6 Å². The molecule has 0 saturated heterocycles. The number of hydrogen-bond acceptors (Lipinski definition) is 3. The van der Waals surface area contributed by atoms with E-state index in [-0.39, 0.29) is 10.8 Å². The lowest BCUT2D eigenvalue weighted by molar-refractivity contribution is 0.462. The molecule has 0 radical (unpaired) electrons. The van der Waals surface area contributed by atoms with E-state index in [1.807, 2.05) is 0 Å². The molecule has 2 rings (SSSR count). The Morgan fingerprint density at radius 1 is 1.19 bits per heavy atom. The number of nitrogens with zero attached hydrogens (tertiary/aromatic N) is 1. The summed E-state index contributed by atoms with van der Waals surface area (Å²) in [5, 5.41) is 9.50. The van der Waals surface area contributed by atoms with Crippen LogP contribution in [0.4, 0.5) is 8.78 Å². The highest BCUT2D eigenvalue weighted by Crippen LogP contribution is 2.33. The molecule has 1 heterocycles. The molecule has 2 aromatic rings. The number of rotatable bonds is 2. The molecule has 0 spiro atoms. The third-order valence-corrected chi connectivity index (χ3v) is 2.90. The average molecular weight is 239 g/mol. The molecule has 0 saturated carbocycles. The van der Waals surface area contributed by atoms with Crippen molar-refractivity contribution in [3.63, 3.8) is 0 Å². The molecule has 0 aliphatic carbocycles. The molecule has 16 heavy (non-hydrogen) atoms. The van der Waals surface area contributed by atoms with Crippen molar-refractivity contribution < 1.29 is 13.9 Å². The number of phenolic OH excluding ortho intramolecular Hbond substituents is 1. The van der Waals surface area contributed by atoms with E-state index in [0.29, 0.717) is 4.90 Å². The summed E-state index contributed by atoms with van der Waals surface area (Å²) in [6.45, 7) is 0. The summed E-state index contributed by atoms with van der Waals surface area (Å²) in [4.78, 5) is 4.09. The minimum absolute atomic E-state index is 0.0305. The molecule has 82 valence electrons. The van der Waals surface area contributed by atoms with Crippen molar-refractivity contribution in [2.24, 2.45) is 0 Å². The molecule has 0 atom stereocenters. The van der Waals surface area contributed by atoms with Crippen LogP contribution in [0.5, 0.6) is 5.75 Å². The lowest BCUT2D eigenvalue weighted by atomic mass is 10.3. The Balaban J connectivity index is 2.31. The largest absolute Gasteiger partial charge is 0.507 e. The number of aromatic nitrogens is 1. The molecule has 1 N–H and O–H groups in total. The van der Waals surface area contributed by atoms with Crippen molar-refractivity contribution >= 4 is 11.8 Å². The lowest BCUT2D eigenvalue weighted by Gasteiger charge is -2.03. The van der Waals surface area contributed by atoms with Gasteiger partial charge in [0.2, 0.25) is 0 Å². The SMILES string of the molecule is Oc1ccccc1Sc1ncc(F)cc1F. The summed E-state index contributed by atoms with van der Waals surface area (Å²) in [5.74, 6) is -1.43. The first-order valence-electron chi connectivity index (χ1n) is 4.44. The second kappa shape index (κ2) is 4.49. The number of hydrogen-bond donors (Lipinski definition) is 1. The second-order valence-corrected chi connectivity index (χ2v) is 4.04. The fraction of sp³-hybridized carbons (Fsp3) is 0. The number of aromatic hydroxyl groups is 1. The second-order valence-electron chi connectivity index (χ2n) is 3.01. The molecular weight excluding hydrogens is 232 g/mol. The van der Waals surface area contributed by atoms with Crippen LogP contribution < -0.4 is 0 Å². The molecule has 2 nitrogen and oxygen atoms in total. The standard InChI is InChI=1S/C11H7F2NOS/c12-7-5-8(13)11(14-6-7)16-10-4-2-1-3-9(10)15/h1-6,15H. The summed E-state index contributed by atoms with van der Waals surface area (Å²) in [7, 11) is 0. The number of para-hydroxylation sites is 1. The van der Waals surface area contributed by atoms with Gasteiger partial charge in [-0.15, -0.1) is 0 Å². The van der Waals surface area contributed by atoms with Crippen molar-refractivity contribution in [1.29, 1.82) is 0 Å². The molecule has 0 aliphatic heterocycles. The summed E-state index contributed by atoms with van der Waals surface area (Å²) in [6.07, 6.45) is 0.936. The van der Waals surface area contributed by atoms with E-state index in [0.717, 1.165) is 24.0 Å². The van der Waals surface area contributed by atoms with Crippen molar-refractivity contribution in [3.8, 4) is 5.75 Å². The Kier molecular flexibility index (Phi) is 3.05. The third kappa shape index (κ3) is 2.30. The first-order chi connectivity index (χ1) is 7.66. The molecule has 5 heteroatoms. The summed E-state index contributed by atoms with van der Waals surface area (Å²) < 4.78 is 25.9. The maximum Gasteiger partial charge on any atom is 0.158 e. The summed E-state index contributed by atoms with van der Waals surface area (Å²) in [6, 6.07) is 7.25. The third-order valence-electron chi connectivity index (χ3n) is 1.85. The monoisotopic (exact) mass is 239 g/mol. The van der Waals surface area contributed by atoms with Gasteiger partial charge in [-0.1, -0.05) is 23.9 Å². The average Bonchev–Trinajstić information content (AvgIpc) is 2.25. The van der Waals surface area contributed by atoms with Crippen molar-refractivity contribution in [1.82, 2.24) is 4.98 Å². The van der Waals surface area contributed by atoms with Crippen LogP contribution in [0.2, 0.25) is 0 Å². The van der Waals surface area contributed by atoms with Gasteiger partial charge in [0.05, 0.1) is 11.1 Å². The van der Waals surface area contributed by atoms with E-state index in [1.54, 1.807) is 18.2 Å². The van der Waals surface area contributed by atoms with Crippen LogP contribution in [-0.2, 0) is 0 Å². The Hall–Kier alpha value is -1.62. The Bertz CT molecular complexity index is 519. The van der Waals surface area contributed by atoms with Crippen LogP contribution in [0.15, 0.2) is 46.5 Å². The van der Waals surface area contributed by atoms with Crippen LogP contribution >= 0.6 is 11.8 Å². The zero-order valence-corrected chi connectivity index (χ0v) is 8.84. The summed E-state index contributed by atoms with van der Waals surface area (Å²) in [5.41, 5.74) is 0. The minimum atomic E-state index is -0.742. The zero-order valence-electron chi connectivity index (χ0n) is 8.02. The van der Waals surface area contributed by atoms with Gasteiger partial charge < -0.3 is 5.11 Å². The molecular formula is C11H7F2NOS. The van der Waals surface area contributed by atoms with Gasteiger partial charge in [0.1, 0.15) is 16.6 Å². The highest BCUT2D eigenvalue weighted by atomic mass is 32.2. The van der Waals surface area contributed by atoms with Crippen LogP contribution in [0, 0.1) is 11.6 Å². The molecule has 1 aromatic heterocycles. The number of pyridine rings is 1. The molecule has 0 bridgehead atoms. The summed E-state index contributed by atoms with van der Waals surface area (Å²) >= 11 is 0.947. The fourth-order valence-corrected chi connectivity index (χ4v) is 1.91. The van der Waals surface area contributed by atoms with Crippen molar-refractivity contribution in [2.45, 2.75) is 9.92 Å². The van der Waals surface area contributed by atoms with Gasteiger partial charge in [0, 0.05) is 6.07 Å². The molecule has 1 aromatic carbocycles. The number of halogens is 2. The van der Waals surface area contributed by atoms with Gasteiger partial charge >= 0.3 is 0 Å². The lowest BCUT2D eigenvalue weighted by Crippen LogP contribution is -1.88. The van der Waals surface area contributed by atoms with Gasteiger partial charge in [0.15, 0.2) is 5.82 Å². The van der Waals surface area contributed by atoms with E-state index in [1.165, 1.54) is 6.07 Å². The Morgan fingerprint density at radius 2 is 1.94 bits per heavy atom. The molecule has 0 fully saturated rings. The first-order valence-corrected chi connectivity index (χ1v) is 5.25. The van der Waals surface area contributed by atoms with Gasteiger partial charge in [-0.2, -0.15) is 0 Å². The van der Waals surface area contributed by atoms with Gasteiger partial charge in [0.25, 0.3) is 0 Å². The minimum Gasteiger partial charge on any atom is -0.507 e. The number of benzene rings is 1. The molecule has 0 amide bonds. The van der Waals surface area contributed by atoms with Gasteiger partial charge in [-0.3, -0.25) is 0 Å². The smallest absolute Gasteiger partial charge is 0.158 e. The highest BCUT2D eigenvalue weighted by molar-refractivity contribution is 7.99. The quantitative estimate of drug-likeness (QED) is 0.873.